The maximum Gasteiger partial charge on any atom is 0.246 e. The third-order valence-corrected chi connectivity index (χ3v) is 4.99. The fraction of sp³-hybridized carbons (Fsp3) is 0.500. The summed E-state index contributed by atoms with van der Waals surface area (Å²) in [6.07, 6.45) is 2.04. The zero-order valence-corrected chi connectivity index (χ0v) is 11.0. The van der Waals surface area contributed by atoms with Gasteiger partial charge in [0.1, 0.15) is 18.6 Å². The van der Waals surface area contributed by atoms with Crippen LogP contribution >= 0.6 is 0 Å². The Balaban J connectivity index is 2.33. The molecule has 98 valence electrons. The number of aliphatic hydroxyl groups is 1. The molecule has 1 aliphatic rings. The number of piperidine rings is 1. The van der Waals surface area contributed by atoms with Crippen molar-refractivity contribution in [3.63, 3.8) is 0 Å². The van der Waals surface area contributed by atoms with Crippen LogP contribution in [0.15, 0.2) is 17.2 Å². The third-order valence-electron chi connectivity index (χ3n) is 3.06. The Bertz CT molecular complexity index is 541. The first-order valence-electron chi connectivity index (χ1n) is 5.81. The van der Waals surface area contributed by atoms with Crippen LogP contribution < -0.4 is 11.2 Å². The van der Waals surface area contributed by atoms with E-state index in [9.17, 15) is 13.5 Å². The first-order chi connectivity index (χ1) is 8.41. The van der Waals surface area contributed by atoms with E-state index in [4.69, 9.17) is 5.73 Å². The van der Waals surface area contributed by atoms with Crippen LogP contribution in [0.25, 0.3) is 0 Å². The third kappa shape index (κ3) is 2.50. The first kappa shape index (κ1) is 13.3. The second kappa shape index (κ2) is 4.87. The molecule has 0 spiro atoms. The van der Waals surface area contributed by atoms with Crippen LogP contribution in [0, 0.1) is 0 Å². The molecule has 1 saturated heterocycles. The van der Waals surface area contributed by atoms with Crippen molar-refractivity contribution in [1.82, 2.24) is 9.29 Å². The van der Waals surface area contributed by atoms with Gasteiger partial charge in [-0.3, -0.25) is 0 Å². The Morgan fingerprint density at radius 2 is 2.06 bits per heavy atom. The largest absolute Gasteiger partial charge is 0.393 e. The van der Waals surface area contributed by atoms with Gasteiger partial charge in [0.25, 0.3) is 0 Å². The lowest BCUT2D eigenvalue weighted by molar-refractivity contribution is 0.113. The molecule has 2 heterocycles. The van der Waals surface area contributed by atoms with E-state index in [-0.39, 0.29) is 10.7 Å². The molecule has 1 fully saturated rings. The maximum atomic E-state index is 12.4. The van der Waals surface area contributed by atoms with E-state index in [2.05, 4.69) is 4.98 Å². The number of aromatic nitrogens is 1. The first-order valence-corrected chi connectivity index (χ1v) is 7.25. The smallest absolute Gasteiger partial charge is 0.246 e. The molecule has 0 amide bonds. The van der Waals surface area contributed by atoms with Gasteiger partial charge >= 0.3 is 0 Å². The molecule has 0 aromatic carbocycles. The van der Waals surface area contributed by atoms with Crippen molar-refractivity contribution < 1.29 is 13.5 Å². The van der Waals surface area contributed by atoms with Gasteiger partial charge in [-0.15, -0.1) is 0 Å². The average Bonchev–Trinajstić information content (AvgIpc) is 2.32. The predicted molar refractivity (Wildman–Crippen MR) is 70.8 cm³/mol. The van der Waals surface area contributed by atoms with E-state index in [0.717, 1.165) is 5.46 Å². The van der Waals surface area contributed by atoms with Crippen LogP contribution in [-0.4, -0.2) is 49.9 Å². The number of rotatable bonds is 2. The van der Waals surface area contributed by atoms with E-state index in [1.54, 1.807) is 7.85 Å². The fourth-order valence-electron chi connectivity index (χ4n) is 1.98. The fourth-order valence-corrected chi connectivity index (χ4v) is 3.60. The quantitative estimate of drug-likeness (QED) is 0.609. The lowest BCUT2D eigenvalue weighted by atomic mass is 9.99. The Hall–Kier alpha value is -1.12. The van der Waals surface area contributed by atoms with Crippen molar-refractivity contribution in [2.24, 2.45) is 0 Å². The molecule has 3 N–H and O–H groups in total. The number of hydrogen-bond donors (Lipinski definition) is 2. The van der Waals surface area contributed by atoms with Crippen LogP contribution in [0.1, 0.15) is 12.8 Å². The number of anilines is 1. The molecule has 1 aliphatic heterocycles. The van der Waals surface area contributed by atoms with Gasteiger partial charge in [-0.1, -0.05) is 5.46 Å². The van der Waals surface area contributed by atoms with E-state index in [1.807, 2.05) is 0 Å². The zero-order valence-electron chi connectivity index (χ0n) is 10.2. The van der Waals surface area contributed by atoms with Gasteiger partial charge in [-0.05, 0) is 18.9 Å². The van der Waals surface area contributed by atoms with Crippen LogP contribution in [0.3, 0.4) is 0 Å². The number of nitrogen functional groups attached to an aromatic ring is 1. The summed E-state index contributed by atoms with van der Waals surface area (Å²) in [6, 6.07) is 1.53. The topological polar surface area (TPSA) is 96.5 Å². The maximum absolute atomic E-state index is 12.4. The Morgan fingerprint density at radius 3 is 2.67 bits per heavy atom. The van der Waals surface area contributed by atoms with Crippen LogP contribution in [-0.2, 0) is 10.0 Å². The second-order valence-corrected chi connectivity index (χ2v) is 6.44. The summed E-state index contributed by atoms with van der Waals surface area (Å²) in [5.41, 5.74) is 6.39. The van der Waals surface area contributed by atoms with Crippen molar-refractivity contribution >= 4 is 29.2 Å². The molecule has 0 aliphatic carbocycles. The van der Waals surface area contributed by atoms with Crippen molar-refractivity contribution in [3.05, 3.63) is 12.3 Å². The summed E-state index contributed by atoms with van der Waals surface area (Å²) in [5, 5.41) is 9.40. The molecular formula is C10H16BN3O3S. The highest BCUT2D eigenvalue weighted by Crippen LogP contribution is 2.22. The summed E-state index contributed by atoms with van der Waals surface area (Å²) < 4.78 is 26.1. The molecule has 8 heteroatoms. The van der Waals surface area contributed by atoms with Crippen LogP contribution in [0.2, 0.25) is 0 Å². The van der Waals surface area contributed by atoms with Crippen molar-refractivity contribution in [1.29, 1.82) is 0 Å². The summed E-state index contributed by atoms with van der Waals surface area (Å²) in [5.74, 6) is 0.0201. The van der Waals surface area contributed by atoms with Crippen molar-refractivity contribution in [2.45, 2.75) is 23.8 Å². The normalized spacial score (nSPS) is 18.9. The number of sulfonamides is 1. The highest BCUT2D eigenvalue weighted by Gasteiger charge is 2.30. The molecular weight excluding hydrogens is 253 g/mol. The Labute approximate surface area is 107 Å². The molecule has 2 rings (SSSR count). The second-order valence-electron chi connectivity index (χ2n) is 4.53. The van der Waals surface area contributed by atoms with Gasteiger partial charge in [0.05, 0.1) is 6.10 Å². The number of hydrogen-bond acceptors (Lipinski definition) is 5. The highest BCUT2D eigenvalue weighted by molar-refractivity contribution is 7.89. The average molecular weight is 269 g/mol. The van der Waals surface area contributed by atoms with E-state index >= 15 is 0 Å². The molecule has 0 unspecified atom stereocenters. The molecule has 6 nitrogen and oxygen atoms in total. The van der Waals surface area contributed by atoms with Gasteiger partial charge in [-0.2, -0.15) is 4.31 Å². The SMILES string of the molecule is Bc1cnc(N)c(S(=O)(=O)N2CCC(O)CC2)c1. The lowest BCUT2D eigenvalue weighted by Crippen LogP contribution is -2.40. The van der Waals surface area contributed by atoms with Crippen molar-refractivity contribution in [2.75, 3.05) is 18.8 Å². The standard InChI is InChI=1S/C10H16BN3O3S/c11-7-5-9(10(12)13-6-7)18(16,17)14-3-1-8(15)2-4-14/h5-6,8,15H,1-4,11H2,(H2,12,13). The molecule has 0 bridgehead atoms. The molecule has 0 radical (unpaired) electrons. The predicted octanol–water partition coefficient (Wildman–Crippen LogP) is -1.93. The van der Waals surface area contributed by atoms with Crippen molar-refractivity contribution in [3.8, 4) is 0 Å². The zero-order chi connectivity index (χ0) is 13.3. The number of aliphatic hydroxyl groups excluding tert-OH is 1. The summed E-state index contributed by atoms with van der Waals surface area (Å²) in [6.45, 7) is 0.633. The van der Waals surface area contributed by atoms with Gasteiger partial charge < -0.3 is 10.8 Å². The van der Waals surface area contributed by atoms with Gasteiger partial charge in [0.15, 0.2) is 0 Å². The van der Waals surface area contributed by atoms with Gasteiger partial charge in [0.2, 0.25) is 10.0 Å². The monoisotopic (exact) mass is 269 g/mol. The highest BCUT2D eigenvalue weighted by atomic mass is 32.2. The van der Waals surface area contributed by atoms with E-state index < -0.39 is 16.1 Å². The Morgan fingerprint density at radius 1 is 1.44 bits per heavy atom. The molecule has 1 aromatic heterocycles. The number of nitrogens with two attached hydrogens (primary N) is 1. The minimum absolute atomic E-state index is 0.0201. The minimum Gasteiger partial charge on any atom is -0.393 e. The molecule has 1 aromatic rings. The molecule has 0 saturated carbocycles. The number of nitrogens with zero attached hydrogens (tertiary/aromatic N) is 2. The minimum atomic E-state index is -3.60. The molecule has 0 atom stereocenters. The lowest BCUT2D eigenvalue weighted by Gasteiger charge is -2.29. The summed E-state index contributed by atoms with van der Waals surface area (Å²) in [7, 11) is -1.83. The van der Waals surface area contributed by atoms with Gasteiger partial charge in [0, 0.05) is 19.3 Å². The van der Waals surface area contributed by atoms with Gasteiger partial charge in [-0.25, -0.2) is 13.4 Å². The van der Waals surface area contributed by atoms with E-state index in [1.165, 1.54) is 16.6 Å². The summed E-state index contributed by atoms with van der Waals surface area (Å²) >= 11 is 0. The Kier molecular flexibility index (Phi) is 3.60. The van der Waals surface area contributed by atoms with Crippen LogP contribution in [0.5, 0.6) is 0 Å². The molecule has 18 heavy (non-hydrogen) atoms. The summed E-state index contributed by atoms with van der Waals surface area (Å²) in [4.78, 5) is 3.93. The van der Waals surface area contributed by atoms with E-state index in [0.29, 0.717) is 25.9 Å². The number of pyridine rings is 1. The van der Waals surface area contributed by atoms with Crippen LogP contribution in [0.4, 0.5) is 5.82 Å².